The minimum Gasteiger partial charge on any atom is -0.449 e. The van der Waals surface area contributed by atoms with Gasteiger partial charge in [0.2, 0.25) is 0 Å². The predicted octanol–water partition coefficient (Wildman–Crippen LogP) is 4.05. The second-order valence-corrected chi connectivity index (χ2v) is 4.65. The van der Waals surface area contributed by atoms with Crippen LogP contribution in [-0.4, -0.2) is 19.7 Å². The number of ether oxygens (including phenoxy) is 1. The van der Waals surface area contributed by atoms with Crippen LogP contribution in [0.4, 0.5) is 10.5 Å². The van der Waals surface area contributed by atoms with Crippen molar-refractivity contribution in [2.75, 3.05) is 18.6 Å². The second-order valence-electron chi connectivity index (χ2n) is 4.65. The van der Waals surface area contributed by atoms with Crippen molar-refractivity contribution in [3.63, 3.8) is 0 Å². The number of fused-ring (bicyclic) bond motifs is 1. The van der Waals surface area contributed by atoms with Gasteiger partial charge in [0.15, 0.2) is 0 Å². The highest BCUT2D eigenvalue weighted by atomic mass is 16.6. The van der Waals surface area contributed by atoms with Gasteiger partial charge in [0.1, 0.15) is 0 Å². The molecule has 100 valence electrons. The summed E-state index contributed by atoms with van der Waals surface area (Å²) in [6.07, 6.45) is -0.318. The van der Waals surface area contributed by atoms with Crippen molar-refractivity contribution in [3.05, 3.63) is 41.5 Å². The van der Waals surface area contributed by atoms with Crippen LogP contribution in [0.5, 0.6) is 0 Å². The largest absolute Gasteiger partial charge is 0.449 e. The Kier molecular flexibility index (Phi) is 3.74. The number of rotatable bonds is 2. The van der Waals surface area contributed by atoms with Crippen LogP contribution >= 0.6 is 0 Å². The molecule has 0 unspecified atom stereocenters. The minimum absolute atomic E-state index is 0.318. The quantitative estimate of drug-likeness (QED) is 0.812. The number of amides is 1. The molecule has 1 amide bonds. The Morgan fingerprint density at radius 2 is 1.95 bits per heavy atom. The number of nitrogens with zero attached hydrogens (tertiary/aromatic N) is 1. The van der Waals surface area contributed by atoms with Crippen molar-refractivity contribution in [3.8, 4) is 0 Å². The fourth-order valence-electron chi connectivity index (χ4n) is 2.31. The van der Waals surface area contributed by atoms with Crippen LogP contribution in [0.2, 0.25) is 0 Å². The molecular formula is C16H19NO2. The third-order valence-electron chi connectivity index (χ3n) is 3.41. The maximum atomic E-state index is 12.0. The van der Waals surface area contributed by atoms with Gasteiger partial charge in [-0.05, 0) is 37.3 Å². The molecule has 2 aromatic carbocycles. The smallest absolute Gasteiger partial charge is 0.414 e. The van der Waals surface area contributed by atoms with Crippen LogP contribution in [-0.2, 0) is 4.74 Å². The molecule has 0 atom stereocenters. The molecule has 0 saturated heterocycles. The second kappa shape index (κ2) is 5.31. The third-order valence-corrected chi connectivity index (χ3v) is 3.41. The minimum atomic E-state index is -0.318. The van der Waals surface area contributed by atoms with E-state index in [-0.39, 0.29) is 6.09 Å². The topological polar surface area (TPSA) is 29.5 Å². The van der Waals surface area contributed by atoms with Gasteiger partial charge < -0.3 is 4.74 Å². The normalized spacial score (nSPS) is 10.5. The highest BCUT2D eigenvalue weighted by Gasteiger charge is 2.17. The fraction of sp³-hybridized carbons (Fsp3) is 0.312. The number of carbonyl (C=O) groups excluding carboxylic acids is 1. The van der Waals surface area contributed by atoms with Gasteiger partial charge in [-0.3, -0.25) is 4.90 Å². The zero-order valence-electron chi connectivity index (χ0n) is 11.9. The van der Waals surface area contributed by atoms with E-state index in [0.29, 0.717) is 6.61 Å². The van der Waals surface area contributed by atoms with Gasteiger partial charge in [-0.1, -0.05) is 30.3 Å². The van der Waals surface area contributed by atoms with Crippen molar-refractivity contribution < 1.29 is 9.53 Å². The molecule has 0 radical (unpaired) electrons. The molecule has 0 saturated carbocycles. The summed E-state index contributed by atoms with van der Waals surface area (Å²) in [5.41, 5.74) is 3.20. The Morgan fingerprint density at radius 1 is 1.26 bits per heavy atom. The molecule has 2 rings (SSSR count). The van der Waals surface area contributed by atoms with E-state index in [9.17, 15) is 4.79 Å². The van der Waals surface area contributed by atoms with Crippen LogP contribution in [0.15, 0.2) is 30.3 Å². The number of carbonyl (C=O) groups is 1. The standard InChI is InChI=1S/C16H19NO2/c1-5-19-16(18)17(4)15-12(3)11(2)10-13-8-6-7-9-14(13)15/h6-10H,5H2,1-4H3. The lowest BCUT2D eigenvalue weighted by Gasteiger charge is -2.22. The average molecular weight is 257 g/mol. The lowest BCUT2D eigenvalue weighted by molar-refractivity contribution is 0.161. The molecule has 2 aromatic rings. The number of aryl methyl sites for hydroxylation is 1. The summed E-state index contributed by atoms with van der Waals surface area (Å²) in [6.45, 7) is 6.29. The molecule has 0 N–H and O–H groups in total. The summed E-state index contributed by atoms with van der Waals surface area (Å²) in [5, 5.41) is 2.21. The van der Waals surface area contributed by atoms with Gasteiger partial charge in [0, 0.05) is 12.4 Å². The molecule has 0 aliphatic heterocycles. The van der Waals surface area contributed by atoms with Crippen molar-refractivity contribution in [2.24, 2.45) is 0 Å². The Labute approximate surface area is 113 Å². The molecule has 3 nitrogen and oxygen atoms in total. The van der Waals surface area contributed by atoms with E-state index >= 15 is 0 Å². The number of hydrogen-bond donors (Lipinski definition) is 0. The van der Waals surface area contributed by atoms with E-state index in [1.165, 1.54) is 5.56 Å². The van der Waals surface area contributed by atoms with Crippen molar-refractivity contribution >= 4 is 22.6 Å². The highest BCUT2D eigenvalue weighted by Crippen LogP contribution is 2.32. The summed E-state index contributed by atoms with van der Waals surface area (Å²) in [4.78, 5) is 13.5. The number of benzene rings is 2. The fourth-order valence-corrected chi connectivity index (χ4v) is 2.31. The van der Waals surface area contributed by atoms with Gasteiger partial charge in [-0.25, -0.2) is 4.79 Å². The van der Waals surface area contributed by atoms with E-state index in [4.69, 9.17) is 4.74 Å². The summed E-state index contributed by atoms with van der Waals surface area (Å²) < 4.78 is 5.09. The molecule has 0 aromatic heterocycles. The number of hydrogen-bond acceptors (Lipinski definition) is 2. The monoisotopic (exact) mass is 257 g/mol. The highest BCUT2D eigenvalue weighted by molar-refractivity contribution is 6.03. The molecule has 0 bridgehead atoms. The first kappa shape index (κ1) is 13.4. The maximum absolute atomic E-state index is 12.0. The zero-order valence-corrected chi connectivity index (χ0v) is 11.9. The van der Waals surface area contributed by atoms with Crippen molar-refractivity contribution in [1.82, 2.24) is 0 Å². The predicted molar refractivity (Wildman–Crippen MR) is 78.8 cm³/mol. The summed E-state index contributed by atoms with van der Waals surface area (Å²) in [7, 11) is 1.76. The van der Waals surface area contributed by atoms with E-state index in [0.717, 1.165) is 22.0 Å². The average Bonchev–Trinajstić information content (AvgIpc) is 2.40. The number of anilines is 1. The Balaban J connectivity index is 2.63. The zero-order chi connectivity index (χ0) is 14.0. The third kappa shape index (κ3) is 2.41. The summed E-state index contributed by atoms with van der Waals surface area (Å²) in [5.74, 6) is 0. The summed E-state index contributed by atoms with van der Waals surface area (Å²) >= 11 is 0. The Hall–Kier alpha value is -2.03. The first-order chi connectivity index (χ1) is 9.06. The van der Waals surface area contributed by atoms with Gasteiger partial charge in [-0.2, -0.15) is 0 Å². The van der Waals surface area contributed by atoms with Crippen LogP contribution in [0.3, 0.4) is 0 Å². The van der Waals surface area contributed by atoms with Crippen molar-refractivity contribution in [1.29, 1.82) is 0 Å². The lowest BCUT2D eigenvalue weighted by Crippen LogP contribution is -2.28. The van der Waals surface area contributed by atoms with E-state index in [1.807, 2.05) is 32.0 Å². The van der Waals surface area contributed by atoms with E-state index in [1.54, 1.807) is 11.9 Å². The lowest BCUT2D eigenvalue weighted by atomic mass is 9.99. The van der Waals surface area contributed by atoms with E-state index < -0.39 is 0 Å². The maximum Gasteiger partial charge on any atom is 0.414 e. The molecule has 19 heavy (non-hydrogen) atoms. The first-order valence-electron chi connectivity index (χ1n) is 6.45. The van der Waals surface area contributed by atoms with Gasteiger partial charge in [0.05, 0.1) is 12.3 Å². The van der Waals surface area contributed by atoms with Crippen LogP contribution in [0.25, 0.3) is 10.8 Å². The van der Waals surface area contributed by atoms with Gasteiger partial charge >= 0.3 is 6.09 Å². The first-order valence-corrected chi connectivity index (χ1v) is 6.45. The Bertz CT molecular complexity index is 619. The van der Waals surface area contributed by atoms with Gasteiger partial charge in [0.25, 0.3) is 0 Å². The molecular weight excluding hydrogens is 238 g/mol. The molecule has 0 fully saturated rings. The molecule has 3 heteroatoms. The van der Waals surface area contributed by atoms with Crippen LogP contribution < -0.4 is 4.90 Å². The molecule has 0 spiro atoms. The molecule has 0 aliphatic carbocycles. The molecule has 0 aliphatic rings. The molecule has 0 heterocycles. The van der Waals surface area contributed by atoms with Gasteiger partial charge in [-0.15, -0.1) is 0 Å². The van der Waals surface area contributed by atoms with Crippen LogP contribution in [0.1, 0.15) is 18.1 Å². The van der Waals surface area contributed by atoms with Crippen LogP contribution in [0, 0.1) is 13.8 Å². The summed E-state index contributed by atoms with van der Waals surface area (Å²) in [6, 6.07) is 10.2. The van der Waals surface area contributed by atoms with Crippen molar-refractivity contribution in [2.45, 2.75) is 20.8 Å². The SMILES string of the molecule is CCOC(=O)N(C)c1c(C)c(C)cc2ccccc12. The Morgan fingerprint density at radius 3 is 2.63 bits per heavy atom. The van der Waals surface area contributed by atoms with E-state index in [2.05, 4.69) is 19.1 Å².